The van der Waals surface area contributed by atoms with Gasteiger partial charge >= 0.3 is 0 Å². The highest BCUT2D eigenvalue weighted by Gasteiger charge is 2.26. The molecule has 1 saturated heterocycles. The van der Waals surface area contributed by atoms with Gasteiger partial charge in [0.15, 0.2) is 0 Å². The number of thiazole rings is 1. The van der Waals surface area contributed by atoms with Crippen LogP contribution in [0.1, 0.15) is 20.2 Å². The van der Waals surface area contributed by atoms with Crippen LogP contribution >= 0.6 is 34.0 Å². The molecule has 4 heterocycles. The molecule has 140 valence electrons. The minimum absolute atomic E-state index is 0.0695. The molecule has 0 bridgehead atoms. The highest BCUT2D eigenvalue weighted by molar-refractivity contribution is 7.14. The highest BCUT2D eigenvalue weighted by atomic mass is 32.1. The summed E-state index contributed by atoms with van der Waals surface area (Å²) >= 11 is 4.74. The Bertz CT molecular complexity index is 937. The lowest BCUT2D eigenvalue weighted by Gasteiger charge is -2.34. The van der Waals surface area contributed by atoms with Crippen LogP contribution in [0.2, 0.25) is 0 Å². The zero-order valence-electron chi connectivity index (χ0n) is 14.9. The Morgan fingerprint density at radius 3 is 2.52 bits per heavy atom. The largest absolute Gasteiger partial charge is 0.339 e. The van der Waals surface area contributed by atoms with E-state index >= 15 is 0 Å². The molecular weight excluding hydrogens is 398 g/mol. The molecule has 0 spiro atoms. The second-order valence-electron chi connectivity index (χ2n) is 6.42. The summed E-state index contributed by atoms with van der Waals surface area (Å²) in [7, 11) is 0. The zero-order chi connectivity index (χ0) is 18.8. The van der Waals surface area contributed by atoms with Gasteiger partial charge in [-0.3, -0.25) is 9.59 Å². The summed E-state index contributed by atoms with van der Waals surface area (Å²) < 4.78 is 0. The second-order valence-corrected chi connectivity index (χ2v) is 9.34. The number of thiophene rings is 2. The van der Waals surface area contributed by atoms with Crippen molar-refractivity contribution in [2.75, 3.05) is 26.2 Å². The molecule has 2 amide bonds. The summed E-state index contributed by atoms with van der Waals surface area (Å²) in [5, 5.41) is 7.01. The van der Waals surface area contributed by atoms with E-state index in [0.29, 0.717) is 32.6 Å². The first kappa shape index (κ1) is 18.3. The van der Waals surface area contributed by atoms with Gasteiger partial charge in [0.05, 0.1) is 17.0 Å². The minimum Gasteiger partial charge on any atom is -0.339 e. The third kappa shape index (κ3) is 4.12. The van der Waals surface area contributed by atoms with Crippen LogP contribution in [-0.2, 0) is 11.2 Å². The summed E-state index contributed by atoms with van der Waals surface area (Å²) in [6.07, 6.45) is 0.318. The molecular formula is C19H19N3O2S3. The summed E-state index contributed by atoms with van der Waals surface area (Å²) in [4.78, 5) is 35.3. The molecule has 5 nitrogen and oxygen atoms in total. The van der Waals surface area contributed by atoms with E-state index in [1.54, 1.807) is 22.7 Å². The number of aryl methyl sites for hydroxylation is 1. The minimum atomic E-state index is 0.0695. The predicted octanol–water partition coefficient (Wildman–Crippen LogP) is 3.77. The van der Waals surface area contributed by atoms with Crippen LogP contribution in [0.4, 0.5) is 0 Å². The van der Waals surface area contributed by atoms with Crippen LogP contribution in [0.15, 0.2) is 34.3 Å². The Kier molecular flexibility index (Phi) is 5.38. The van der Waals surface area contributed by atoms with Gasteiger partial charge in [0, 0.05) is 47.4 Å². The summed E-state index contributed by atoms with van der Waals surface area (Å²) in [6, 6.07) is 5.89. The predicted molar refractivity (Wildman–Crippen MR) is 111 cm³/mol. The number of aromatic nitrogens is 1. The zero-order valence-corrected chi connectivity index (χ0v) is 17.3. The standard InChI is InChI=1S/C19H19N3O2S3/c1-13-2-3-16(27-13)19(24)22-7-5-21(6-8-22)17(23)10-15-12-26-18(20-15)14-4-9-25-11-14/h2-4,9,11-12H,5-8,10H2,1H3. The maximum absolute atomic E-state index is 12.6. The SMILES string of the molecule is Cc1ccc(C(=O)N2CCN(C(=O)Cc3csc(-c4ccsc4)n3)CC2)s1. The maximum Gasteiger partial charge on any atom is 0.264 e. The van der Waals surface area contributed by atoms with Crippen molar-refractivity contribution in [3.05, 3.63) is 49.8 Å². The Balaban J connectivity index is 1.32. The molecule has 0 aliphatic carbocycles. The normalized spacial score (nSPS) is 14.6. The van der Waals surface area contributed by atoms with Crippen LogP contribution in [0.5, 0.6) is 0 Å². The van der Waals surface area contributed by atoms with Crippen molar-refractivity contribution in [3.8, 4) is 10.6 Å². The first-order valence-corrected chi connectivity index (χ1v) is 11.3. The lowest BCUT2D eigenvalue weighted by Crippen LogP contribution is -2.50. The van der Waals surface area contributed by atoms with E-state index in [9.17, 15) is 9.59 Å². The lowest BCUT2D eigenvalue weighted by molar-refractivity contribution is -0.132. The number of carbonyl (C=O) groups excluding carboxylic acids is 2. The number of hydrogen-bond donors (Lipinski definition) is 0. The molecule has 0 aromatic carbocycles. The molecule has 1 aliphatic rings. The fraction of sp³-hybridized carbons (Fsp3) is 0.316. The first-order valence-electron chi connectivity index (χ1n) is 8.70. The van der Waals surface area contributed by atoms with Gasteiger partial charge in [-0.1, -0.05) is 0 Å². The Morgan fingerprint density at radius 2 is 1.85 bits per heavy atom. The van der Waals surface area contributed by atoms with Gasteiger partial charge in [-0.15, -0.1) is 22.7 Å². The van der Waals surface area contributed by atoms with Gasteiger partial charge in [0.25, 0.3) is 5.91 Å². The van der Waals surface area contributed by atoms with Crippen molar-refractivity contribution < 1.29 is 9.59 Å². The van der Waals surface area contributed by atoms with Crippen molar-refractivity contribution in [2.24, 2.45) is 0 Å². The molecule has 1 fully saturated rings. The van der Waals surface area contributed by atoms with E-state index in [0.717, 1.165) is 26.0 Å². The highest BCUT2D eigenvalue weighted by Crippen LogP contribution is 2.26. The molecule has 0 radical (unpaired) electrons. The maximum atomic E-state index is 12.6. The van der Waals surface area contributed by atoms with E-state index in [2.05, 4.69) is 10.4 Å². The Hall–Kier alpha value is -2.03. The van der Waals surface area contributed by atoms with Crippen LogP contribution in [0.3, 0.4) is 0 Å². The second kappa shape index (κ2) is 7.92. The van der Waals surface area contributed by atoms with Crippen molar-refractivity contribution in [3.63, 3.8) is 0 Å². The van der Waals surface area contributed by atoms with Gasteiger partial charge < -0.3 is 9.80 Å². The molecule has 27 heavy (non-hydrogen) atoms. The quantitative estimate of drug-likeness (QED) is 0.649. The summed E-state index contributed by atoms with van der Waals surface area (Å²) in [5.41, 5.74) is 1.93. The topological polar surface area (TPSA) is 53.5 Å². The molecule has 8 heteroatoms. The average molecular weight is 418 g/mol. The smallest absolute Gasteiger partial charge is 0.264 e. The molecule has 1 aliphatic heterocycles. The molecule has 3 aromatic rings. The van der Waals surface area contributed by atoms with Crippen molar-refractivity contribution >= 4 is 45.8 Å². The van der Waals surface area contributed by atoms with E-state index in [4.69, 9.17) is 0 Å². The van der Waals surface area contributed by atoms with Crippen LogP contribution < -0.4 is 0 Å². The number of nitrogens with zero attached hydrogens (tertiary/aromatic N) is 3. The van der Waals surface area contributed by atoms with Crippen molar-refractivity contribution in [1.29, 1.82) is 0 Å². The van der Waals surface area contributed by atoms with Gasteiger partial charge in [0.1, 0.15) is 5.01 Å². The van der Waals surface area contributed by atoms with Crippen molar-refractivity contribution in [1.82, 2.24) is 14.8 Å². The molecule has 3 aromatic heterocycles. The van der Waals surface area contributed by atoms with Crippen LogP contribution in [-0.4, -0.2) is 52.8 Å². The van der Waals surface area contributed by atoms with Gasteiger partial charge in [-0.25, -0.2) is 4.98 Å². The molecule has 0 unspecified atom stereocenters. The van der Waals surface area contributed by atoms with E-state index < -0.39 is 0 Å². The summed E-state index contributed by atoms with van der Waals surface area (Å²) in [5.74, 6) is 0.149. The van der Waals surface area contributed by atoms with Gasteiger partial charge in [0.2, 0.25) is 5.91 Å². The van der Waals surface area contributed by atoms with Crippen molar-refractivity contribution in [2.45, 2.75) is 13.3 Å². The first-order chi connectivity index (χ1) is 13.1. The molecule has 0 atom stereocenters. The number of amides is 2. The molecule has 0 N–H and O–H groups in total. The fourth-order valence-corrected chi connectivity index (χ4v) is 5.41. The third-order valence-electron chi connectivity index (χ3n) is 4.52. The van der Waals surface area contributed by atoms with Crippen LogP contribution in [0, 0.1) is 6.92 Å². The number of carbonyl (C=O) groups is 2. The van der Waals surface area contributed by atoms with E-state index in [1.807, 2.05) is 45.7 Å². The summed E-state index contributed by atoms with van der Waals surface area (Å²) in [6.45, 7) is 4.32. The van der Waals surface area contributed by atoms with Crippen LogP contribution in [0.25, 0.3) is 10.6 Å². The van der Waals surface area contributed by atoms with E-state index in [1.165, 1.54) is 11.3 Å². The third-order valence-corrected chi connectivity index (χ3v) is 7.14. The average Bonchev–Trinajstić information content (AvgIpc) is 3.42. The molecule has 0 saturated carbocycles. The van der Waals surface area contributed by atoms with Gasteiger partial charge in [-0.2, -0.15) is 11.3 Å². The van der Waals surface area contributed by atoms with E-state index in [-0.39, 0.29) is 11.8 Å². The monoisotopic (exact) mass is 417 g/mol. The fourth-order valence-electron chi connectivity index (χ4n) is 3.04. The number of hydrogen-bond acceptors (Lipinski definition) is 6. The number of piperazine rings is 1. The Labute approximate surface area is 169 Å². The Morgan fingerprint density at radius 1 is 1.07 bits per heavy atom. The molecule has 4 rings (SSSR count). The number of rotatable bonds is 4. The van der Waals surface area contributed by atoms with Gasteiger partial charge in [-0.05, 0) is 30.5 Å². The lowest BCUT2D eigenvalue weighted by atomic mass is 10.2.